The van der Waals surface area contributed by atoms with E-state index in [1.807, 2.05) is 12.1 Å². The summed E-state index contributed by atoms with van der Waals surface area (Å²) in [6.07, 6.45) is 5.79. The molecule has 116 valence electrons. The van der Waals surface area contributed by atoms with Gasteiger partial charge in [-0.1, -0.05) is 44.9 Å². The Kier molecular flexibility index (Phi) is 5.74. The molecule has 1 saturated carbocycles. The van der Waals surface area contributed by atoms with Crippen LogP contribution < -0.4 is 5.32 Å². The van der Waals surface area contributed by atoms with Crippen LogP contribution in [0.1, 0.15) is 45.1 Å². The largest absolute Gasteiger partial charge is 0.314 e. The van der Waals surface area contributed by atoms with Crippen molar-refractivity contribution in [3.05, 3.63) is 39.9 Å². The highest BCUT2D eigenvalue weighted by Gasteiger charge is 2.27. The Bertz CT molecular complexity index is 468. The summed E-state index contributed by atoms with van der Waals surface area (Å²) in [4.78, 5) is 10.9. The Balaban J connectivity index is 2.11. The summed E-state index contributed by atoms with van der Waals surface area (Å²) < 4.78 is 0. The number of benzene rings is 1. The van der Waals surface area contributed by atoms with Gasteiger partial charge in [0.2, 0.25) is 0 Å². The summed E-state index contributed by atoms with van der Waals surface area (Å²) in [5, 5.41) is 14.7. The summed E-state index contributed by atoms with van der Waals surface area (Å²) in [7, 11) is 0. The highest BCUT2D eigenvalue weighted by Crippen LogP contribution is 2.32. The van der Waals surface area contributed by atoms with Gasteiger partial charge in [0.25, 0.3) is 5.69 Å². The molecule has 0 aromatic heterocycles. The lowest BCUT2D eigenvalue weighted by atomic mass is 9.77. The molecule has 0 saturated heterocycles. The van der Waals surface area contributed by atoms with E-state index >= 15 is 0 Å². The molecule has 1 N–H and O–H groups in total. The maximum atomic E-state index is 11.2. The van der Waals surface area contributed by atoms with E-state index in [1.54, 1.807) is 12.1 Å². The van der Waals surface area contributed by atoms with E-state index in [2.05, 4.69) is 19.2 Å². The van der Waals surface area contributed by atoms with Crippen molar-refractivity contribution in [1.82, 2.24) is 5.32 Å². The van der Waals surface area contributed by atoms with Crippen molar-refractivity contribution in [2.24, 2.45) is 11.8 Å². The molecule has 0 radical (unpaired) electrons. The monoisotopic (exact) mass is 290 g/mol. The highest BCUT2D eigenvalue weighted by molar-refractivity contribution is 5.40. The third-order valence-electron chi connectivity index (χ3n) is 4.72. The van der Waals surface area contributed by atoms with Gasteiger partial charge in [-0.15, -0.1) is 0 Å². The second kappa shape index (κ2) is 7.55. The fourth-order valence-corrected chi connectivity index (χ4v) is 3.45. The predicted octanol–water partition coefficient (Wildman–Crippen LogP) is 3.94. The van der Waals surface area contributed by atoms with E-state index in [0.717, 1.165) is 24.4 Å². The molecule has 1 fully saturated rings. The Labute approximate surface area is 127 Å². The fraction of sp³-hybridized carbons (Fsp3) is 0.647. The molecule has 0 bridgehead atoms. The van der Waals surface area contributed by atoms with Crippen LogP contribution in [0.15, 0.2) is 24.3 Å². The van der Waals surface area contributed by atoms with Gasteiger partial charge in [0.05, 0.1) is 4.92 Å². The fourth-order valence-electron chi connectivity index (χ4n) is 3.45. The van der Waals surface area contributed by atoms with Crippen molar-refractivity contribution < 1.29 is 4.92 Å². The molecular formula is C17H26N2O2. The Morgan fingerprint density at radius 2 is 1.95 bits per heavy atom. The van der Waals surface area contributed by atoms with E-state index in [0.29, 0.717) is 12.0 Å². The van der Waals surface area contributed by atoms with Crippen LogP contribution in [0, 0.1) is 22.0 Å². The van der Waals surface area contributed by atoms with Crippen molar-refractivity contribution in [2.45, 2.75) is 52.0 Å². The summed E-state index contributed by atoms with van der Waals surface area (Å²) in [6.45, 7) is 5.34. The van der Waals surface area contributed by atoms with Gasteiger partial charge >= 0.3 is 0 Å². The van der Waals surface area contributed by atoms with Gasteiger partial charge in [0, 0.05) is 17.7 Å². The summed E-state index contributed by atoms with van der Waals surface area (Å²) in [5.41, 5.74) is 1.11. The normalized spacial score (nSPS) is 23.7. The number of rotatable bonds is 6. The molecule has 0 amide bonds. The number of nitrogens with one attached hydrogen (secondary N) is 1. The van der Waals surface area contributed by atoms with Crippen molar-refractivity contribution in [3.8, 4) is 0 Å². The molecule has 1 aliphatic carbocycles. The lowest BCUT2D eigenvalue weighted by molar-refractivity contribution is -0.385. The molecule has 0 heterocycles. The minimum atomic E-state index is -0.263. The molecule has 2 rings (SSSR count). The maximum Gasteiger partial charge on any atom is 0.272 e. The molecule has 4 heteroatoms. The van der Waals surface area contributed by atoms with Crippen LogP contribution in [0.5, 0.6) is 0 Å². The molecule has 0 spiro atoms. The van der Waals surface area contributed by atoms with Crippen LogP contribution in [0.3, 0.4) is 0 Å². The second-order valence-corrected chi connectivity index (χ2v) is 6.27. The zero-order valence-electron chi connectivity index (χ0n) is 13.0. The Morgan fingerprint density at radius 1 is 1.29 bits per heavy atom. The third-order valence-corrected chi connectivity index (χ3v) is 4.72. The number of hydrogen-bond acceptors (Lipinski definition) is 3. The van der Waals surface area contributed by atoms with E-state index in [4.69, 9.17) is 0 Å². The number of likely N-dealkylation sites (N-methyl/N-ethyl adjacent to an activating group) is 1. The van der Waals surface area contributed by atoms with E-state index in [9.17, 15) is 10.1 Å². The zero-order valence-corrected chi connectivity index (χ0v) is 13.0. The average Bonchev–Trinajstić information content (AvgIpc) is 2.48. The number of hydrogen-bond donors (Lipinski definition) is 1. The molecule has 1 aliphatic rings. The van der Waals surface area contributed by atoms with Gasteiger partial charge in [0.1, 0.15) is 0 Å². The van der Waals surface area contributed by atoms with Gasteiger partial charge < -0.3 is 5.32 Å². The van der Waals surface area contributed by atoms with E-state index in [1.165, 1.54) is 25.7 Å². The van der Waals surface area contributed by atoms with Crippen molar-refractivity contribution in [1.29, 1.82) is 0 Å². The van der Waals surface area contributed by atoms with Crippen molar-refractivity contribution in [2.75, 3.05) is 6.54 Å². The summed E-state index contributed by atoms with van der Waals surface area (Å²) in [5.74, 6) is 1.47. The molecule has 1 unspecified atom stereocenters. The molecular weight excluding hydrogens is 264 g/mol. The minimum Gasteiger partial charge on any atom is -0.314 e. The van der Waals surface area contributed by atoms with Crippen LogP contribution in [0.25, 0.3) is 0 Å². The van der Waals surface area contributed by atoms with Crippen LogP contribution in [0.4, 0.5) is 5.69 Å². The number of nitrogens with zero attached hydrogens (tertiary/aromatic N) is 1. The highest BCUT2D eigenvalue weighted by atomic mass is 16.6. The first-order valence-electron chi connectivity index (χ1n) is 8.07. The Morgan fingerprint density at radius 3 is 2.57 bits per heavy atom. The molecule has 0 aliphatic heterocycles. The van der Waals surface area contributed by atoms with E-state index in [-0.39, 0.29) is 10.6 Å². The van der Waals surface area contributed by atoms with Gasteiger partial charge in [-0.2, -0.15) is 0 Å². The first kappa shape index (κ1) is 16.0. The lowest BCUT2D eigenvalue weighted by Gasteiger charge is -2.33. The zero-order chi connectivity index (χ0) is 15.2. The number of nitro groups is 1. The topological polar surface area (TPSA) is 55.2 Å². The molecule has 1 aromatic carbocycles. The van der Waals surface area contributed by atoms with Gasteiger partial charge in [-0.3, -0.25) is 10.1 Å². The molecule has 4 nitrogen and oxygen atoms in total. The first-order valence-corrected chi connectivity index (χ1v) is 8.07. The first-order chi connectivity index (χ1) is 10.1. The lowest BCUT2D eigenvalue weighted by Crippen LogP contribution is -2.39. The SMILES string of the molecule is CCNC(Cc1ccccc1[N+](=O)[O-])C1CCC(C)CC1. The maximum absolute atomic E-state index is 11.2. The van der Waals surface area contributed by atoms with Crippen LogP contribution in [-0.4, -0.2) is 17.5 Å². The van der Waals surface area contributed by atoms with Crippen LogP contribution in [0.2, 0.25) is 0 Å². The minimum absolute atomic E-state index is 0.254. The standard InChI is InChI=1S/C17H26N2O2/c1-3-18-16(14-10-8-13(2)9-11-14)12-15-6-4-5-7-17(15)19(20)21/h4-7,13-14,16,18H,3,8-12H2,1-2H3. The van der Waals surface area contributed by atoms with Crippen molar-refractivity contribution >= 4 is 5.69 Å². The predicted molar refractivity (Wildman–Crippen MR) is 85.4 cm³/mol. The van der Waals surface area contributed by atoms with Gasteiger partial charge in [0.15, 0.2) is 0 Å². The van der Waals surface area contributed by atoms with Gasteiger partial charge in [-0.25, -0.2) is 0 Å². The second-order valence-electron chi connectivity index (χ2n) is 6.27. The van der Waals surface area contributed by atoms with Crippen LogP contribution in [-0.2, 0) is 6.42 Å². The Hall–Kier alpha value is -1.42. The number of nitro benzene ring substituents is 1. The average molecular weight is 290 g/mol. The van der Waals surface area contributed by atoms with E-state index < -0.39 is 0 Å². The summed E-state index contributed by atoms with van der Waals surface area (Å²) >= 11 is 0. The van der Waals surface area contributed by atoms with Crippen molar-refractivity contribution in [3.63, 3.8) is 0 Å². The number of para-hydroxylation sites is 1. The quantitative estimate of drug-likeness (QED) is 0.637. The summed E-state index contributed by atoms with van der Waals surface area (Å²) in [6, 6.07) is 7.50. The van der Waals surface area contributed by atoms with Crippen LogP contribution >= 0.6 is 0 Å². The third kappa shape index (κ3) is 4.27. The smallest absolute Gasteiger partial charge is 0.272 e. The van der Waals surface area contributed by atoms with Gasteiger partial charge in [-0.05, 0) is 37.6 Å². The molecule has 1 aromatic rings. The molecule has 21 heavy (non-hydrogen) atoms. The molecule has 1 atom stereocenters.